The quantitative estimate of drug-likeness (QED) is 0.747. The monoisotopic (exact) mass is 374 g/mol. The molecule has 0 unspecified atom stereocenters. The summed E-state index contributed by atoms with van der Waals surface area (Å²) in [4.78, 5) is 15.1. The van der Waals surface area contributed by atoms with Gasteiger partial charge in [0.1, 0.15) is 0 Å². The molecule has 0 radical (unpaired) electrons. The van der Waals surface area contributed by atoms with Crippen LogP contribution in [0.5, 0.6) is 0 Å². The van der Waals surface area contributed by atoms with Gasteiger partial charge in [-0.25, -0.2) is 8.78 Å². The highest BCUT2D eigenvalue weighted by molar-refractivity contribution is 5.69. The van der Waals surface area contributed by atoms with Gasteiger partial charge in [0.25, 0.3) is 6.43 Å². The van der Waals surface area contributed by atoms with Gasteiger partial charge in [0.15, 0.2) is 5.82 Å². The first-order chi connectivity index (χ1) is 13.1. The minimum absolute atomic E-state index is 0.0389. The van der Waals surface area contributed by atoms with Gasteiger partial charge in [0.2, 0.25) is 6.41 Å². The minimum atomic E-state index is -2.49. The molecule has 0 aliphatic carbocycles. The molecule has 0 fully saturated rings. The second-order valence-electron chi connectivity index (χ2n) is 7.24. The normalized spacial score (nSPS) is 16.4. The summed E-state index contributed by atoms with van der Waals surface area (Å²) in [7, 11) is 0. The second kappa shape index (κ2) is 7.29. The molecule has 0 atom stereocenters. The molecule has 3 heterocycles. The molecular weight excluding hydrogens is 350 g/mol. The lowest BCUT2D eigenvalue weighted by Crippen LogP contribution is -2.31. The van der Waals surface area contributed by atoms with Crippen LogP contribution in [0, 0.1) is 0 Å². The Morgan fingerprint density at radius 1 is 1.26 bits per heavy atom. The van der Waals surface area contributed by atoms with Crippen LogP contribution in [-0.4, -0.2) is 34.2 Å². The van der Waals surface area contributed by atoms with Crippen LogP contribution in [0.2, 0.25) is 0 Å². The van der Waals surface area contributed by atoms with Gasteiger partial charge in [-0.2, -0.15) is 5.10 Å². The molecule has 1 amide bonds. The van der Waals surface area contributed by atoms with E-state index in [-0.39, 0.29) is 5.56 Å². The van der Waals surface area contributed by atoms with Crippen molar-refractivity contribution in [1.82, 2.24) is 14.7 Å². The van der Waals surface area contributed by atoms with E-state index in [9.17, 15) is 13.6 Å². The average Bonchev–Trinajstić information content (AvgIpc) is 3.04. The second-order valence-corrected chi connectivity index (χ2v) is 7.24. The van der Waals surface area contributed by atoms with E-state index in [0.717, 1.165) is 67.8 Å². The van der Waals surface area contributed by atoms with Gasteiger partial charge in [-0.15, -0.1) is 0 Å². The van der Waals surface area contributed by atoms with Crippen LogP contribution in [0.1, 0.15) is 48.6 Å². The first-order valence-electron chi connectivity index (χ1n) is 9.58. The first-order valence-corrected chi connectivity index (χ1v) is 9.58. The Bertz CT molecular complexity index is 849. The summed E-state index contributed by atoms with van der Waals surface area (Å²) in [5.41, 5.74) is 4.16. The Hall–Kier alpha value is -2.44. The molecule has 1 aromatic carbocycles. The predicted molar refractivity (Wildman–Crippen MR) is 99.4 cm³/mol. The zero-order valence-corrected chi connectivity index (χ0v) is 15.5. The number of aryl methyl sites for hydroxylation is 2. The average molecular weight is 374 g/mol. The number of anilines is 2. The van der Waals surface area contributed by atoms with Crippen molar-refractivity contribution in [1.29, 1.82) is 0 Å². The first kappa shape index (κ1) is 17.9. The number of amides is 1. The molecular formula is C20H24F2N4O. The fourth-order valence-electron chi connectivity index (χ4n) is 4.14. The summed E-state index contributed by atoms with van der Waals surface area (Å²) >= 11 is 0. The topological polar surface area (TPSA) is 41.4 Å². The van der Waals surface area contributed by atoms with Crippen LogP contribution in [0.25, 0.3) is 0 Å². The molecule has 0 spiro atoms. The Kier molecular flexibility index (Phi) is 4.85. The Morgan fingerprint density at radius 2 is 2.11 bits per heavy atom. The fourth-order valence-corrected chi connectivity index (χ4v) is 4.14. The van der Waals surface area contributed by atoms with Crippen LogP contribution in [0.15, 0.2) is 18.2 Å². The molecule has 4 rings (SSSR count). The van der Waals surface area contributed by atoms with Crippen molar-refractivity contribution < 1.29 is 13.6 Å². The summed E-state index contributed by atoms with van der Waals surface area (Å²) < 4.78 is 28.6. The number of carbonyl (C=O) groups is 1. The largest absolute Gasteiger partial charge is 0.340 e. The number of carbonyl (C=O) groups excluding carboxylic acids is 1. The van der Waals surface area contributed by atoms with Crippen molar-refractivity contribution in [3.63, 3.8) is 0 Å². The van der Waals surface area contributed by atoms with Gasteiger partial charge < -0.3 is 9.80 Å². The summed E-state index contributed by atoms with van der Waals surface area (Å²) in [5.74, 6) is 0.817. The number of hydrogen-bond donors (Lipinski definition) is 0. The minimum Gasteiger partial charge on any atom is -0.340 e. The third-order valence-corrected chi connectivity index (χ3v) is 5.46. The molecule has 7 heteroatoms. The van der Waals surface area contributed by atoms with E-state index >= 15 is 0 Å². The van der Waals surface area contributed by atoms with E-state index in [1.165, 1.54) is 11.8 Å². The number of benzene rings is 1. The van der Waals surface area contributed by atoms with Crippen molar-refractivity contribution in [2.75, 3.05) is 18.0 Å². The number of alkyl halides is 2. The maximum atomic E-state index is 13.3. The molecule has 27 heavy (non-hydrogen) atoms. The van der Waals surface area contributed by atoms with E-state index < -0.39 is 6.43 Å². The van der Waals surface area contributed by atoms with Crippen molar-refractivity contribution in [3.05, 3.63) is 40.6 Å². The van der Waals surface area contributed by atoms with Gasteiger partial charge in [-0.3, -0.25) is 9.48 Å². The Morgan fingerprint density at radius 3 is 2.85 bits per heavy atom. The lowest BCUT2D eigenvalue weighted by atomic mass is 9.98. The summed E-state index contributed by atoms with van der Waals surface area (Å²) in [6.45, 7) is 4.90. The lowest BCUT2D eigenvalue weighted by molar-refractivity contribution is -0.118. The Labute approximate surface area is 157 Å². The summed E-state index contributed by atoms with van der Waals surface area (Å²) in [6, 6.07) is 4.94. The number of aromatic nitrogens is 2. The van der Waals surface area contributed by atoms with Crippen molar-refractivity contribution in [2.24, 2.45) is 0 Å². The molecule has 2 aliphatic heterocycles. The number of hydrogen-bond acceptors (Lipinski definition) is 3. The van der Waals surface area contributed by atoms with Crippen molar-refractivity contribution in [3.8, 4) is 0 Å². The van der Waals surface area contributed by atoms with Gasteiger partial charge >= 0.3 is 0 Å². The van der Waals surface area contributed by atoms with Crippen LogP contribution >= 0.6 is 0 Å². The molecule has 144 valence electrons. The predicted octanol–water partition coefficient (Wildman–Crippen LogP) is 3.83. The van der Waals surface area contributed by atoms with Crippen LogP contribution in [0.3, 0.4) is 0 Å². The van der Waals surface area contributed by atoms with Crippen LogP contribution < -0.4 is 4.90 Å². The maximum Gasteiger partial charge on any atom is 0.263 e. The third kappa shape index (κ3) is 3.19. The van der Waals surface area contributed by atoms with Gasteiger partial charge in [-0.1, -0.05) is 19.1 Å². The fraction of sp³-hybridized carbons (Fsp3) is 0.500. The number of fused-ring (bicyclic) bond motifs is 2. The van der Waals surface area contributed by atoms with E-state index in [1.54, 1.807) is 11.0 Å². The number of halogens is 2. The van der Waals surface area contributed by atoms with Crippen LogP contribution in [0.4, 0.5) is 20.3 Å². The highest BCUT2D eigenvalue weighted by Gasteiger charge is 2.30. The SMILES string of the molecule is CCCn1nc(N2CCCc3ccc(C(F)F)cc32)c2c1CCN(C=O)C2. The Balaban J connectivity index is 1.81. The zero-order valence-electron chi connectivity index (χ0n) is 15.5. The molecule has 0 N–H and O–H groups in total. The molecule has 2 aliphatic rings. The molecule has 0 saturated carbocycles. The summed E-state index contributed by atoms with van der Waals surface area (Å²) in [6.07, 6.45) is 1.97. The third-order valence-electron chi connectivity index (χ3n) is 5.46. The van der Waals surface area contributed by atoms with E-state index in [0.29, 0.717) is 13.1 Å². The van der Waals surface area contributed by atoms with E-state index in [4.69, 9.17) is 5.10 Å². The molecule has 0 saturated heterocycles. The smallest absolute Gasteiger partial charge is 0.263 e. The molecule has 5 nitrogen and oxygen atoms in total. The molecule has 2 aromatic rings. The highest BCUT2D eigenvalue weighted by Crippen LogP contribution is 2.39. The van der Waals surface area contributed by atoms with E-state index in [1.807, 2.05) is 10.7 Å². The lowest BCUT2D eigenvalue weighted by Gasteiger charge is -2.32. The van der Waals surface area contributed by atoms with Gasteiger partial charge in [0, 0.05) is 48.6 Å². The van der Waals surface area contributed by atoms with Crippen molar-refractivity contribution >= 4 is 17.9 Å². The van der Waals surface area contributed by atoms with Crippen molar-refractivity contribution in [2.45, 2.75) is 52.1 Å². The highest BCUT2D eigenvalue weighted by atomic mass is 19.3. The van der Waals surface area contributed by atoms with Crippen LogP contribution in [-0.2, 0) is 30.7 Å². The van der Waals surface area contributed by atoms with Gasteiger partial charge in [-0.05, 0) is 30.9 Å². The summed E-state index contributed by atoms with van der Waals surface area (Å²) in [5, 5.41) is 4.86. The number of rotatable bonds is 5. The van der Waals surface area contributed by atoms with Gasteiger partial charge in [0.05, 0.1) is 6.54 Å². The zero-order chi connectivity index (χ0) is 19.0. The molecule has 1 aromatic heterocycles. The standard InChI is InChI=1S/C20H24F2N4O/c1-2-8-26-17-7-10-24(13-27)12-16(17)20(23-26)25-9-3-4-14-5-6-15(19(21)22)11-18(14)25/h5-6,11,13,19H,2-4,7-10,12H2,1H3. The molecule has 0 bridgehead atoms. The number of nitrogens with zero attached hydrogens (tertiary/aromatic N) is 4. The van der Waals surface area contributed by atoms with E-state index in [2.05, 4.69) is 11.8 Å². The maximum absolute atomic E-state index is 13.3.